The van der Waals surface area contributed by atoms with Crippen molar-refractivity contribution in [2.45, 2.75) is 12.2 Å². The first-order valence-corrected chi connectivity index (χ1v) is 6.71. The van der Waals surface area contributed by atoms with Crippen molar-refractivity contribution in [1.29, 1.82) is 0 Å². The summed E-state index contributed by atoms with van der Waals surface area (Å²) in [6.07, 6.45) is -4.38. The summed E-state index contributed by atoms with van der Waals surface area (Å²) in [4.78, 5) is 1.42. The number of hydrogen-bond donors (Lipinski definition) is 1. The summed E-state index contributed by atoms with van der Waals surface area (Å²) in [6.45, 7) is 1.76. The number of para-hydroxylation sites is 1. The third-order valence-electron chi connectivity index (χ3n) is 3.55. The number of rotatable bonds is 4. The molecular weight excluding hydrogens is 285 g/mol. The Bertz CT molecular complexity index is 474. The van der Waals surface area contributed by atoms with Gasteiger partial charge in [0.25, 0.3) is 0 Å². The van der Waals surface area contributed by atoms with Crippen molar-refractivity contribution >= 4 is 0 Å². The Morgan fingerprint density at radius 1 is 1.14 bits per heavy atom. The van der Waals surface area contributed by atoms with Crippen LogP contribution in [0, 0.1) is 0 Å². The fourth-order valence-electron chi connectivity index (χ4n) is 2.65. The van der Waals surface area contributed by atoms with Crippen molar-refractivity contribution < 1.29 is 22.6 Å². The van der Waals surface area contributed by atoms with Gasteiger partial charge in [-0.15, -0.1) is 0 Å². The summed E-state index contributed by atoms with van der Waals surface area (Å²) in [5, 5.41) is 3.06. The van der Waals surface area contributed by atoms with E-state index in [0.717, 1.165) is 0 Å². The number of nitrogens with one attached hydrogen (secondary N) is 1. The van der Waals surface area contributed by atoms with E-state index in [1.54, 1.807) is 12.1 Å². The van der Waals surface area contributed by atoms with Crippen LogP contribution in [-0.2, 0) is 0 Å². The molecular formula is C14H19F3N2O2. The summed E-state index contributed by atoms with van der Waals surface area (Å²) in [5.74, 6) is 0.445. The lowest BCUT2D eigenvalue weighted by Crippen LogP contribution is -2.49. The first-order valence-electron chi connectivity index (χ1n) is 6.71. The fourth-order valence-corrected chi connectivity index (χ4v) is 2.65. The van der Waals surface area contributed by atoms with Crippen molar-refractivity contribution in [1.82, 2.24) is 10.2 Å². The van der Waals surface area contributed by atoms with E-state index in [-0.39, 0.29) is 11.3 Å². The number of nitrogens with zero attached hydrogens (tertiary/aromatic N) is 1. The summed E-state index contributed by atoms with van der Waals surface area (Å²) in [6, 6.07) is 2.90. The number of alkyl halides is 3. The highest BCUT2D eigenvalue weighted by molar-refractivity contribution is 5.48. The second-order valence-corrected chi connectivity index (χ2v) is 4.81. The Kier molecular flexibility index (Phi) is 4.95. The van der Waals surface area contributed by atoms with Gasteiger partial charge in [0.05, 0.1) is 14.2 Å². The van der Waals surface area contributed by atoms with Gasteiger partial charge in [-0.3, -0.25) is 4.90 Å². The molecule has 7 heteroatoms. The van der Waals surface area contributed by atoms with E-state index in [2.05, 4.69) is 5.32 Å². The van der Waals surface area contributed by atoms with Crippen molar-refractivity contribution in [2.75, 3.05) is 40.4 Å². The minimum Gasteiger partial charge on any atom is -0.493 e. The maximum Gasteiger partial charge on any atom is 0.408 e. The molecule has 0 amide bonds. The van der Waals surface area contributed by atoms with E-state index >= 15 is 0 Å². The van der Waals surface area contributed by atoms with Crippen molar-refractivity contribution in [3.8, 4) is 11.5 Å². The van der Waals surface area contributed by atoms with Gasteiger partial charge in [-0.2, -0.15) is 13.2 Å². The van der Waals surface area contributed by atoms with E-state index in [4.69, 9.17) is 9.47 Å². The van der Waals surface area contributed by atoms with Crippen LogP contribution in [0.25, 0.3) is 0 Å². The Labute approximate surface area is 121 Å². The summed E-state index contributed by atoms with van der Waals surface area (Å²) < 4.78 is 51.0. The quantitative estimate of drug-likeness (QED) is 0.925. The predicted molar refractivity (Wildman–Crippen MR) is 72.8 cm³/mol. The van der Waals surface area contributed by atoms with Crippen LogP contribution in [0.4, 0.5) is 13.2 Å². The average Bonchev–Trinajstić information content (AvgIpc) is 2.46. The molecule has 1 aliphatic heterocycles. The number of halogens is 3. The van der Waals surface area contributed by atoms with Gasteiger partial charge in [0.15, 0.2) is 11.5 Å². The zero-order valence-electron chi connectivity index (χ0n) is 12.0. The van der Waals surface area contributed by atoms with E-state index in [1.807, 2.05) is 0 Å². The molecule has 1 fully saturated rings. The molecule has 1 aliphatic rings. The Morgan fingerprint density at radius 3 is 2.33 bits per heavy atom. The van der Waals surface area contributed by atoms with Gasteiger partial charge >= 0.3 is 6.18 Å². The number of benzene rings is 1. The number of piperazine rings is 1. The molecule has 1 N–H and O–H groups in total. The van der Waals surface area contributed by atoms with Gasteiger partial charge in [-0.1, -0.05) is 12.1 Å². The van der Waals surface area contributed by atoms with E-state index in [1.165, 1.54) is 25.2 Å². The highest BCUT2D eigenvalue weighted by Crippen LogP contribution is 2.44. The molecule has 4 nitrogen and oxygen atoms in total. The van der Waals surface area contributed by atoms with Gasteiger partial charge in [-0.05, 0) is 6.07 Å². The van der Waals surface area contributed by atoms with E-state index < -0.39 is 12.2 Å². The summed E-state index contributed by atoms with van der Waals surface area (Å²) >= 11 is 0. The molecule has 0 aromatic heterocycles. The molecule has 0 unspecified atom stereocenters. The van der Waals surface area contributed by atoms with Gasteiger partial charge in [0.2, 0.25) is 0 Å². The second kappa shape index (κ2) is 6.53. The van der Waals surface area contributed by atoms with Crippen LogP contribution in [-0.4, -0.2) is 51.5 Å². The molecule has 0 aliphatic carbocycles. The largest absolute Gasteiger partial charge is 0.493 e. The SMILES string of the molecule is COc1cccc([C@H](N2CCNCC2)C(F)(F)F)c1OC. The monoisotopic (exact) mass is 304 g/mol. The lowest BCUT2D eigenvalue weighted by molar-refractivity contribution is -0.188. The zero-order chi connectivity index (χ0) is 15.5. The molecule has 1 aromatic rings. The molecule has 21 heavy (non-hydrogen) atoms. The van der Waals surface area contributed by atoms with Crippen molar-refractivity contribution in [2.24, 2.45) is 0 Å². The Balaban J connectivity index is 2.46. The van der Waals surface area contributed by atoms with Gasteiger partial charge in [-0.25, -0.2) is 0 Å². The highest BCUT2D eigenvalue weighted by atomic mass is 19.4. The van der Waals surface area contributed by atoms with Crippen LogP contribution in [0.15, 0.2) is 18.2 Å². The summed E-state index contributed by atoms with van der Waals surface area (Å²) in [7, 11) is 2.77. The second-order valence-electron chi connectivity index (χ2n) is 4.81. The average molecular weight is 304 g/mol. The standard InChI is InChI=1S/C14H19F3N2O2/c1-20-11-5-3-4-10(12(11)21-2)13(14(15,16)17)19-8-6-18-7-9-19/h3-5,13,18H,6-9H2,1-2H3/t13-/m0/s1. The number of ether oxygens (including phenoxy) is 2. The molecule has 0 spiro atoms. The van der Waals surface area contributed by atoms with Crippen LogP contribution >= 0.6 is 0 Å². The van der Waals surface area contributed by atoms with Crippen LogP contribution < -0.4 is 14.8 Å². The lowest BCUT2D eigenvalue weighted by atomic mass is 10.0. The Hall–Kier alpha value is -1.47. The predicted octanol–water partition coefficient (Wildman–Crippen LogP) is 2.21. The molecule has 1 saturated heterocycles. The van der Waals surface area contributed by atoms with E-state index in [9.17, 15) is 13.2 Å². The number of hydrogen-bond acceptors (Lipinski definition) is 4. The third kappa shape index (κ3) is 3.41. The first kappa shape index (κ1) is 15.9. The van der Waals surface area contributed by atoms with Gasteiger partial charge < -0.3 is 14.8 Å². The molecule has 2 rings (SSSR count). The van der Waals surface area contributed by atoms with Crippen LogP contribution in [0.5, 0.6) is 11.5 Å². The fraction of sp³-hybridized carbons (Fsp3) is 0.571. The smallest absolute Gasteiger partial charge is 0.408 e. The molecule has 0 bridgehead atoms. The molecule has 0 saturated carbocycles. The molecule has 118 valence electrons. The van der Waals surface area contributed by atoms with Gasteiger partial charge in [0.1, 0.15) is 6.04 Å². The first-order chi connectivity index (χ1) is 9.99. The zero-order valence-corrected chi connectivity index (χ0v) is 12.0. The normalized spacial score (nSPS) is 18.3. The topological polar surface area (TPSA) is 33.7 Å². The summed E-state index contributed by atoms with van der Waals surface area (Å²) in [5.41, 5.74) is 0.0891. The molecule has 0 radical (unpaired) electrons. The molecule has 1 atom stereocenters. The van der Waals surface area contributed by atoms with Gasteiger partial charge in [0, 0.05) is 31.7 Å². The highest BCUT2D eigenvalue weighted by Gasteiger charge is 2.46. The van der Waals surface area contributed by atoms with Crippen molar-refractivity contribution in [3.05, 3.63) is 23.8 Å². The maximum atomic E-state index is 13.6. The Morgan fingerprint density at radius 2 is 1.81 bits per heavy atom. The molecule has 1 heterocycles. The minimum atomic E-state index is -4.38. The maximum absolute atomic E-state index is 13.6. The van der Waals surface area contributed by atoms with Crippen molar-refractivity contribution in [3.63, 3.8) is 0 Å². The third-order valence-corrected chi connectivity index (χ3v) is 3.55. The lowest BCUT2D eigenvalue weighted by Gasteiger charge is -2.36. The number of methoxy groups -OCH3 is 2. The molecule has 1 aromatic carbocycles. The van der Waals surface area contributed by atoms with Crippen LogP contribution in [0.2, 0.25) is 0 Å². The van der Waals surface area contributed by atoms with Crippen LogP contribution in [0.1, 0.15) is 11.6 Å². The minimum absolute atomic E-state index is 0.0891. The van der Waals surface area contributed by atoms with E-state index in [0.29, 0.717) is 31.9 Å². The van der Waals surface area contributed by atoms with Crippen LogP contribution in [0.3, 0.4) is 0 Å².